The van der Waals surface area contributed by atoms with E-state index in [0.717, 1.165) is 80.4 Å². The van der Waals surface area contributed by atoms with Crippen LogP contribution >= 0.6 is 34.0 Å². The van der Waals surface area contributed by atoms with Crippen molar-refractivity contribution in [2.45, 2.75) is 84.2 Å². The molecule has 0 aromatic carbocycles. The number of carbonyl (C=O) groups is 1. The topological polar surface area (TPSA) is 230 Å². The van der Waals surface area contributed by atoms with Gasteiger partial charge in [0.15, 0.2) is 17.5 Å². The number of aromatic amines is 3. The second-order valence-corrected chi connectivity index (χ2v) is 23.3. The van der Waals surface area contributed by atoms with Gasteiger partial charge in [0.25, 0.3) is 16.7 Å². The van der Waals surface area contributed by atoms with Crippen molar-refractivity contribution in [3.05, 3.63) is 137 Å². The van der Waals surface area contributed by atoms with E-state index in [-0.39, 0.29) is 22.8 Å². The van der Waals surface area contributed by atoms with E-state index in [1.807, 2.05) is 80.7 Å². The van der Waals surface area contributed by atoms with Gasteiger partial charge in [-0.2, -0.15) is 0 Å². The van der Waals surface area contributed by atoms with Crippen molar-refractivity contribution in [2.75, 3.05) is 39.3 Å². The van der Waals surface area contributed by atoms with E-state index < -0.39 is 5.60 Å². The van der Waals surface area contributed by atoms with Crippen LogP contribution in [0.4, 0.5) is 4.79 Å². The number of likely N-dealkylation sites (tertiary alicyclic amines) is 1. The Kier molecular flexibility index (Phi) is 16.6. The first-order valence-electron chi connectivity index (χ1n) is 26.1. The van der Waals surface area contributed by atoms with Crippen LogP contribution in [0.25, 0.3) is 65.2 Å². The first-order valence-corrected chi connectivity index (χ1v) is 28.7. The van der Waals surface area contributed by atoms with Crippen LogP contribution in [0.5, 0.6) is 0 Å². The number of amides is 1. The quantitative estimate of drug-likeness (QED) is 0.0908. The fraction of sp³-hybridized carbons (Fsp3) is 0.393. The van der Waals surface area contributed by atoms with Gasteiger partial charge < -0.3 is 35.2 Å². The third-order valence-electron chi connectivity index (χ3n) is 13.9. The number of rotatable bonds is 9. The van der Waals surface area contributed by atoms with Gasteiger partial charge in [0.1, 0.15) is 36.8 Å². The van der Waals surface area contributed by atoms with Crippen LogP contribution in [0.1, 0.15) is 76.0 Å². The Morgan fingerprint density at radius 1 is 0.539 bits per heavy atom. The van der Waals surface area contributed by atoms with Crippen LogP contribution in [0, 0.1) is 17.8 Å². The smallest absolute Gasteiger partial charge is 0.410 e. The zero-order chi connectivity index (χ0) is 52.6. The average Bonchev–Trinajstić information content (AvgIpc) is 4.18. The minimum absolute atomic E-state index is 0.0720. The number of pyridine rings is 3. The highest BCUT2D eigenvalue weighted by molar-refractivity contribution is 7.17. The summed E-state index contributed by atoms with van der Waals surface area (Å²) in [4.78, 5) is 86.9. The van der Waals surface area contributed by atoms with Gasteiger partial charge in [0, 0.05) is 31.7 Å². The molecule has 3 aliphatic rings. The lowest BCUT2D eigenvalue weighted by molar-refractivity contribution is 0.0184. The lowest BCUT2D eigenvalue weighted by atomic mass is 9.91. The normalized spacial score (nSPS) is 15.8. The molecule has 0 unspecified atom stereocenters. The Morgan fingerprint density at radius 3 is 1.20 bits per heavy atom. The van der Waals surface area contributed by atoms with Crippen molar-refractivity contribution in [1.29, 1.82) is 0 Å². The van der Waals surface area contributed by atoms with Crippen LogP contribution < -0.4 is 27.3 Å². The van der Waals surface area contributed by atoms with E-state index in [4.69, 9.17) is 19.7 Å². The van der Waals surface area contributed by atoms with E-state index in [1.54, 1.807) is 23.5 Å². The molecular formula is C56H62N12O5S3. The van der Waals surface area contributed by atoms with E-state index in [9.17, 15) is 19.2 Å². The maximum atomic E-state index is 12.5. The van der Waals surface area contributed by atoms with Crippen molar-refractivity contribution in [3.8, 4) is 34.6 Å². The minimum Gasteiger partial charge on any atom is -0.444 e. The third kappa shape index (κ3) is 12.9. The monoisotopic (exact) mass is 1080 g/mol. The molecule has 3 fully saturated rings. The SMILES string of the molecule is CC(C)(C)OC(=O)N1CCC(Cc2csc3c(=O)[nH]c(-c4ccccn4)nc23)CC1.O=c1[nH]c(-c2ccccn2)nc2c(CC3CCNCC3)csc12.O=c1[nH]c(-c2ccccn2)nc2c(CC3CCNCC3)csc12. The van der Waals surface area contributed by atoms with E-state index in [1.165, 1.54) is 70.8 Å². The van der Waals surface area contributed by atoms with Gasteiger partial charge in [-0.3, -0.25) is 29.3 Å². The molecule has 0 atom stereocenters. The van der Waals surface area contributed by atoms with Crippen LogP contribution in [-0.2, 0) is 24.0 Å². The summed E-state index contributed by atoms with van der Waals surface area (Å²) in [7, 11) is 0. The number of fused-ring (bicyclic) bond motifs is 3. The molecule has 3 saturated heterocycles. The Hall–Kier alpha value is -6.84. The molecule has 0 bridgehead atoms. The number of carbonyl (C=O) groups excluding carboxylic acids is 1. The van der Waals surface area contributed by atoms with E-state index in [2.05, 4.69) is 51.3 Å². The summed E-state index contributed by atoms with van der Waals surface area (Å²) in [6.07, 6.45) is 14.3. The Morgan fingerprint density at radius 2 is 0.882 bits per heavy atom. The summed E-state index contributed by atoms with van der Waals surface area (Å²) in [5, 5.41) is 13.0. The van der Waals surface area contributed by atoms with Gasteiger partial charge >= 0.3 is 6.09 Å². The number of piperidine rings is 3. The summed E-state index contributed by atoms with van der Waals surface area (Å²) in [6, 6.07) is 16.8. The molecule has 5 N–H and O–H groups in total. The molecule has 76 heavy (non-hydrogen) atoms. The zero-order valence-electron chi connectivity index (χ0n) is 42.9. The number of ether oxygens (including phenoxy) is 1. The van der Waals surface area contributed by atoms with Gasteiger partial charge in [0.2, 0.25) is 0 Å². The fourth-order valence-electron chi connectivity index (χ4n) is 9.98. The molecule has 3 aliphatic heterocycles. The predicted octanol–water partition coefficient (Wildman–Crippen LogP) is 9.41. The highest BCUT2D eigenvalue weighted by Crippen LogP contribution is 2.32. The zero-order valence-corrected chi connectivity index (χ0v) is 45.3. The molecule has 17 nitrogen and oxygen atoms in total. The largest absolute Gasteiger partial charge is 0.444 e. The second kappa shape index (κ2) is 24.0. The highest BCUT2D eigenvalue weighted by Gasteiger charge is 2.28. The number of thiophene rings is 3. The van der Waals surface area contributed by atoms with Gasteiger partial charge in [-0.1, -0.05) is 18.2 Å². The molecule has 9 aromatic heterocycles. The number of H-pyrrole nitrogens is 3. The third-order valence-corrected chi connectivity index (χ3v) is 17.0. The second-order valence-electron chi connectivity index (χ2n) is 20.6. The van der Waals surface area contributed by atoms with Crippen molar-refractivity contribution in [1.82, 2.24) is 60.4 Å². The lowest BCUT2D eigenvalue weighted by Crippen LogP contribution is -2.42. The summed E-state index contributed by atoms with van der Waals surface area (Å²) >= 11 is 4.42. The van der Waals surface area contributed by atoms with Crippen molar-refractivity contribution in [2.24, 2.45) is 17.8 Å². The van der Waals surface area contributed by atoms with Crippen molar-refractivity contribution >= 4 is 70.8 Å². The number of aromatic nitrogens is 9. The number of hydrogen-bond donors (Lipinski definition) is 5. The summed E-state index contributed by atoms with van der Waals surface area (Å²) < 4.78 is 7.56. The molecule has 12 rings (SSSR count). The molecule has 0 saturated carbocycles. The first-order chi connectivity index (χ1) is 36.9. The standard InChI is InChI=1S/C22H26N4O3S.2C17H18N4OS/c1-22(2,3)29-21(28)26-10-7-14(8-11-26)12-15-13-30-18-17(15)24-19(25-20(18)27)16-6-4-5-9-23-16;2*22-17-15-14(20-16(21-17)13-3-1-2-6-19-13)12(10-23-15)9-11-4-7-18-8-5-11/h4-6,9,13-14H,7-8,10-12H2,1-3H3,(H,24,25,27);2*1-3,6,10-11,18H,4-5,7-9H2,(H,20,21,22). The van der Waals surface area contributed by atoms with Crippen molar-refractivity contribution in [3.63, 3.8) is 0 Å². The molecule has 20 heteroatoms. The lowest BCUT2D eigenvalue weighted by Gasteiger charge is -2.33. The molecule has 9 aromatic rings. The van der Waals surface area contributed by atoms with Crippen LogP contribution in [0.15, 0.2) is 104 Å². The maximum absolute atomic E-state index is 12.5. The van der Waals surface area contributed by atoms with Crippen LogP contribution in [0.3, 0.4) is 0 Å². The predicted molar refractivity (Wildman–Crippen MR) is 303 cm³/mol. The number of nitrogens with one attached hydrogen (secondary N) is 5. The van der Waals surface area contributed by atoms with Gasteiger partial charge in [-0.25, -0.2) is 19.7 Å². The van der Waals surface area contributed by atoms with E-state index in [0.29, 0.717) is 79.5 Å². The molecule has 0 aliphatic carbocycles. The van der Waals surface area contributed by atoms with E-state index >= 15 is 0 Å². The fourth-order valence-corrected chi connectivity index (χ4v) is 12.7. The first kappa shape index (κ1) is 52.6. The molecule has 0 radical (unpaired) electrons. The van der Waals surface area contributed by atoms with Gasteiger partial charge in [-0.05, 0) is 192 Å². The molecule has 1 amide bonds. The Labute approximate surface area is 451 Å². The van der Waals surface area contributed by atoms with Gasteiger partial charge in [-0.15, -0.1) is 34.0 Å². The number of hydrogen-bond acceptors (Lipinski definition) is 16. The van der Waals surface area contributed by atoms with Crippen LogP contribution in [-0.4, -0.2) is 101 Å². The summed E-state index contributed by atoms with van der Waals surface area (Å²) in [5.74, 6) is 3.39. The molecule has 12 heterocycles. The minimum atomic E-state index is -0.479. The average molecular weight is 1080 g/mol. The van der Waals surface area contributed by atoms with Crippen molar-refractivity contribution < 1.29 is 9.53 Å². The summed E-state index contributed by atoms with van der Waals surface area (Å²) in [6.45, 7) is 11.4. The molecule has 0 spiro atoms. The van der Waals surface area contributed by atoms with Crippen LogP contribution in [0.2, 0.25) is 0 Å². The Bertz CT molecular complexity index is 3420. The molecule has 394 valence electrons. The Balaban J connectivity index is 0.000000131. The number of nitrogens with zero attached hydrogens (tertiary/aromatic N) is 7. The summed E-state index contributed by atoms with van der Waals surface area (Å²) in [5.41, 5.74) is 7.23. The van der Waals surface area contributed by atoms with Gasteiger partial charge in [0.05, 0.1) is 16.6 Å². The molecular weight excluding hydrogens is 1020 g/mol. The maximum Gasteiger partial charge on any atom is 0.410 e. The highest BCUT2D eigenvalue weighted by atomic mass is 32.1.